The van der Waals surface area contributed by atoms with Crippen molar-refractivity contribution in [1.29, 1.82) is 0 Å². The average Bonchev–Trinajstić information content (AvgIpc) is 3.21. The van der Waals surface area contributed by atoms with Crippen molar-refractivity contribution in [2.24, 2.45) is 0 Å². The fraction of sp³-hybridized carbons (Fsp3) is 0.0833. The van der Waals surface area contributed by atoms with E-state index >= 15 is 0 Å². The Morgan fingerprint density at radius 3 is 2.65 bits per heavy atom. The minimum absolute atomic E-state index is 0.110. The van der Waals surface area contributed by atoms with Crippen LogP contribution in [0.3, 0.4) is 0 Å². The van der Waals surface area contributed by atoms with E-state index in [1.54, 1.807) is 6.07 Å². The van der Waals surface area contributed by atoms with Crippen LogP contribution in [-0.4, -0.2) is 25.4 Å². The lowest BCUT2D eigenvalue weighted by Crippen LogP contribution is -2.28. The van der Waals surface area contributed by atoms with Crippen LogP contribution >= 0.6 is 0 Å². The van der Waals surface area contributed by atoms with Gasteiger partial charge in [-0.15, -0.1) is 0 Å². The molecule has 0 radical (unpaired) electrons. The molecule has 7 heteroatoms. The molecule has 0 saturated heterocycles. The van der Waals surface area contributed by atoms with Gasteiger partial charge in [0, 0.05) is 11.3 Å². The van der Waals surface area contributed by atoms with Gasteiger partial charge in [0.2, 0.25) is 5.91 Å². The molecule has 1 amide bonds. The molecule has 0 fully saturated rings. The molecule has 0 unspecified atom stereocenters. The van der Waals surface area contributed by atoms with Crippen LogP contribution in [0.15, 0.2) is 77.9 Å². The fourth-order valence-corrected chi connectivity index (χ4v) is 3.61. The van der Waals surface area contributed by atoms with Crippen LogP contribution in [0, 0.1) is 6.92 Å². The molecule has 0 saturated carbocycles. The highest BCUT2D eigenvalue weighted by Gasteiger charge is 2.10. The summed E-state index contributed by atoms with van der Waals surface area (Å²) in [6.07, 6.45) is 1.42. The highest BCUT2D eigenvalue weighted by atomic mass is 16.2. The standard InChI is InChI=1S/C24H19N5O2/c1-15-5-4-6-18-22(15)25-14-29(24(18)31)13-21(30)26-17-11-9-16(10-12-17)23-27-19-7-2-3-8-20(19)28-23/h2-12,14H,13H2,1H3,(H,26,30)(H,27,28). The van der Waals surface area contributed by atoms with E-state index < -0.39 is 0 Å². The lowest BCUT2D eigenvalue weighted by molar-refractivity contribution is -0.116. The smallest absolute Gasteiger partial charge is 0.261 e. The van der Waals surface area contributed by atoms with Crippen LogP contribution in [0.2, 0.25) is 0 Å². The molecule has 152 valence electrons. The molecule has 7 nitrogen and oxygen atoms in total. The SMILES string of the molecule is Cc1cccc2c(=O)n(CC(=O)Nc3ccc(-c4nc5ccccc5[nH]4)cc3)cnc12. The third-order valence-corrected chi connectivity index (χ3v) is 5.20. The number of carbonyl (C=O) groups is 1. The number of fused-ring (bicyclic) bond motifs is 2. The molecule has 5 rings (SSSR count). The number of aromatic amines is 1. The molecule has 0 aliphatic carbocycles. The van der Waals surface area contributed by atoms with Crippen molar-refractivity contribution >= 4 is 33.5 Å². The van der Waals surface area contributed by atoms with E-state index in [1.807, 2.05) is 67.6 Å². The molecule has 3 aromatic carbocycles. The summed E-state index contributed by atoms with van der Waals surface area (Å²) in [6.45, 7) is 1.79. The number of rotatable bonds is 4. The topological polar surface area (TPSA) is 92.7 Å². The van der Waals surface area contributed by atoms with Crippen molar-refractivity contribution in [3.8, 4) is 11.4 Å². The molecule has 31 heavy (non-hydrogen) atoms. The molecular weight excluding hydrogens is 390 g/mol. The van der Waals surface area contributed by atoms with Gasteiger partial charge in [0.25, 0.3) is 5.56 Å². The first kappa shape index (κ1) is 18.7. The van der Waals surface area contributed by atoms with Gasteiger partial charge in [-0.25, -0.2) is 9.97 Å². The second kappa shape index (κ2) is 7.53. The van der Waals surface area contributed by atoms with Gasteiger partial charge in [0.1, 0.15) is 12.4 Å². The molecule has 0 atom stereocenters. The first-order valence-corrected chi connectivity index (χ1v) is 9.88. The summed E-state index contributed by atoms with van der Waals surface area (Å²) in [4.78, 5) is 37.4. The summed E-state index contributed by atoms with van der Waals surface area (Å²) in [5, 5.41) is 3.33. The Kier molecular flexibility index (Phi) is 4.55. The van der Waals surface area contributed by atoms with Gasteiger partial charge in [0.05, 0.1) is 28.3 Å². The summed E-state index contributed by atoms with van der Waals surface area (Å²) in [6, 6.07) is 20.7. The van der Waals surface area contributed by atoms with Crippen molar-refractivity contribution in [3.05, 3.63) is 89.0 Å². The minimum atomic E-state index is -0.299. The van der Waals surface area contributed by atoms with E-state index in [9.17, 15) is 9.59 Å². The lowest BCUT2D eigenvalue weighted by Gasteiger charge is -2.09. The predicted molar refractivity (Wildman–Crippen MR) is 121 cm³/mol. The van der Waals surface area contributed by atoms with Gasteiger partial charge in [-0.2, -0.15) is 0 Å². The number of hydrogen-bond donors (Lipinski definition) is 2. The Labute approximate surface area is 177 Å². The number of aryl methyl sites for hydroxylation is 1. The molecule has 2 heterocycles. The molecule has 2 N–H and O–H groups in total. The maximum absolute atomic E-state index is 12.7. The van der Waals surface area contributed by atoms with E-state index in [1.165, 1.54) is 10.9 Å². The second-order valence-electron chi connectivity index (χ2n) is 7.38. The van der Waals surface area contributed by atoms with Crippen LogP contribution < -0.4 is 10.9 Å². The van der Waals surface area contributed by atoms with Crippen LogP contribution in [0.4, 0.5) is 5.69 Å². The third kappa shape index (κ3) is 3.57. The van der Waals surface area contributed by atoms with Crippen LogP contribution in [0.5, 0.6) is 0 Å². The summed E-state index contributed by atoms with van der Waals surface area (Å²) >= 11 is 0. The van der Waals surface area contributed by atoms with Crippen molar-refractivity contribution < 1.29 is 4.79 Å². The van der Waals surface area contributed by atoms with Gasteiger partial charge in [0.15, 0.2) is 0 Å². The Morgan fingerprint density at radius 2 is 1.84 bits per heavy atom. The first-order chi connectivity index (χ1) is 15.1. The molecule has 0 aliphatic rings. The number of nitrogens with one attached hydrogen (secondary N) is 2. The van der Waals surface area contributed by atoms with Crippen LogP contribution in [0.25, 0.3) is 33.3 Å². The number of para-hydroxylation sites is 3. The number of nitrogens with zero attached hydrogens (tertiary/aromatic N) is 3. The number of amides is 1. The largest absolute Gasteiger partial charge is 0.338 e. The maximum atomic E-state index is 12.7. The van der Waals surface area contributed by atoms with Gasteiger partial charge >= 0.3 is 0 Å². The molecule has 0 aliphatic heterocycles. The first-order valence-electron chi connectivity index (χ1n) is 9.88. The van der Waals surface area contributed by atoms with Crippen molar-refractivity contribution in [2.45, 2.75) is 13.5 Å². The molecular formula is C24H19N5O2. The summed E-state index contributed by atoms with van der Waals surface area (Å²) < 4.78 is 1.32. The normalized spacial score (nSPS) is 11.1. The highest BCUT2D eigenvalue weighted by Crippen LogP contribution is 2.22. The van der Waals surface area contributed by atoms with E-state index in [4.69, 9.17) is 0 Å². The van der Waals surface area contributed by atoms with Crippen molar-refractivity contribution in [3.63, 3.8) is 0 Å². The van der Waals surface area contributed by atoms with Crippen molar-refractivity contribution in [2.75, 3.05) is 5.32 Å². The summed E-state index contributed by atoms with van der Waals surface area (Å²) in [5.41, 5.74) is 4.78. The molecule has 2 aromatic heterocycles. The number of H-pyrrole nitrogens is 1. The van der Waals surface area contributed by atoms with Gasteiger partial charge in [-0.1, -0.05) is 24.3 Å². The van der Waals surface area contributed by atoms with E-state index in [2.05, 4.69) is 20.3 Å². The zero-order valence-electron chi connectivity index (χ0n) is 16.8. The quantitative estimate of drug-likeness (QED) is 0.471. The Morgan fingerprint density at radius 1 is 1.03 bits per heavy atom. The summed E-state index contributed by atoms with van der Waals surface area (Å²) in [7, 11) is 0. The zero-order chi connectivity index (χ0) is 21.4. The second-order valence-corrected chi connectivity index (χ2v) is 7.38. The van der Waals surface area contributed by atoms with E-state index in [0.29, 0.717) is 16.6 Å². The highest BCUT2D eigenvalue weighted by molar-refractivity contribution is 5.91. The number of carbonyl (C=O) groups excluding carboxylic acids is 1. The number of aromatic nitrogens is 4. The number of imidazole rings is 1. The van der Waals surface area contributed by atoms with Crippen LogP contribution in [0.1, 0.15) is 5.56 Å². The Bertz CT molecular complexity index is 1450. The fourth-order valence-electron chi connectivity index (χ4n) is 3.61. The van der Waals surface area contributed by atoms with Crippen LogP contribution in [-0.2, 0) is 11.3 Å². The monoisotopic (exact) mass is 409 g/mol. The predicted octanol–water partition coefficient (Wildman–Crippen LogP) is 3.89. The van der Waals surface area contributed by atoms with Crippen molar-refractivity contribution in [1.82, 2.24) is 19.5 Å². The Hall–Kier alpha value is -4.26. The Balaban J connectivity index is 1.32. The molecule has 5 aromatic rings. The molecule has 0 spiro atoms. The molecule has 0 bridgehead atoms. The van der Waals surface area contributed by atoms with Gasteiger partial charge < -0.3 is 10.3 Å². The maximum Gasteiger partial charge on any atom is 0.261 e. The number of anilines is 1. The van der Waals surface area contributed by atoms with Gasteiger partial charge in [-0.05, 0) is 55.0 Å². The average molecular weight is 409 g/mol. The third-order valence-electron chi connectivity index (χ3n) is 5.20. The number of benzene rings is 3. The minimum Gasteiger partial charge on any atom is -0.338 e. The van der Waals surface area contributed by atoms with Gasteiger partial charge in [-0.3, -0.25) is 14.2 Å². The lowest BCUT2D eigenvalue weighted by atomic mass is 10.1. The van der Waals surface area contributed by atoms with E-state index in [-0.39, 0.29) is 18.0 Å². The van der Waals surface area contributed by atoms with E-state index in [0.717, 1.165) is 28.0 Å². The summed E-state index contributed by atoms with van der Waals surface area (Å²) in [5.74, 6) is 0.468. The number of hydrogen-bond acceptors (Lipinski definition) is 4. The zero-order valence-corrected chi connectivity index (χ0v) is 16.8.